The third-order valence-corrected chi connectivity index (χ3v) is 2.75. The van der Waals surface area contributed by atoms with Crippen molar-refractivity contribution in [1.29, 1.82) is 0 Å². The van der Waals surface area contributed by atoms with Crippen molar-refractivity contribution < 1.29 is 0 Å². The van der Waals surface area contributed by atoms with E-state index in [1.165, 1.54) is 11.1 Å². The summed E-state index contributed by atoms with van der Waals surface area (Å²) in [6.45, 7) is 7.00. The van der Waals surface area contributed by atoms with Gasteiger partial charge in [-0.2, -0.15) is 0 Å². The number of benzene rings is 1. The predicted molar refractivity (Wildman–Crippen MR) is 70.4 cm³/mol. The Morgan fingerprint density at radius 2 is 1.94 bits per heavy atom. The largest absolute Gasteiger partial charge is 0.303 e. The molecule has 0 aliphatic heterocycles. The fraction of sp³-hybridized carbons (Fsp3) is 0.467. The van der Waals surface area contributed by atoms with E-state index in [0.717, 1.165) is 19.4 Å². The molecule has 0 aliphatic rings. The predicted octanol–water partition coefficient (Wildman–Crippen LogP) is 2.93. The lowest BCUT2D eigenvalue weighted by atomic mass is 10.0. The summed E-state index contributed by atoms with van der Waals surface area (Å²) in [7, 11) is 0. The maximum Gasteiger partial charge on any atom is 0.0578 e. The van der Waals surface area contributed by atoms with Crippen LogP contribution in [0.3, 0.4) is 0 Å². The van der Waals surface area contributed by atoms with Crippen molar-refractivity contribution in [3.8, 4) is 11.8 Å². The van der Waals surface area contributed by atoms with Gasteiger partial charge in [0.1, 0.15) is 0 Å². The molecule has 0 amide bonds. The van der Waals surface area contributed by atoms with Crippen molar-refractivity contribution in [2.75, 3.05) is 6.54 Å². The Kier molecular flexibility index (Phi) is 5.67. The minimum Gasteiger partial charge on any atom is -0.303 e. The molecule has 0 fully saturated rings. The first-order chi connectivity index (χ1) is 7.76. The maximum absolute atomic E-state index is 3.46. The van der Waals surface area contributed by atoms with E-state index in [9.17, 15) is 0 Å². The molecule has 1 nitrogen and oxygen atoms in total. The molecule has 0 aliphatic carbocycles. The SMILES string of the molecule is CC#CCNC(CC)Cc1ccc(C)cc1. The molecule has 1 aromatic carbocycles. The molecule has 1 unspecified atom stereocenters. The summed E-state index contributed by atoms with van der Waals surface area (Å²) in [6, 6.07) is 9.31. The van der Waals surface area contributed by atoms with E-state index in [1.54, 1.807) is 0 Å². The lowest BCUT2D eigenvalue weighted by Crippen LogP contribution is -2.30. The molecule has 0 radical (unpaired) electrons. The van der Waals surface area contributed by atoms with Gasteiger partial charge in [-0.1, -0.05) is 42.7 Å². The molecule has 1 heteroatoms. The van der Waals surface area contributed by atoms with Gasteiger partial charge in [-0.25, -0.2) is 0 Å². The highest BCUT2D eigenvalue weighted by atomic mass is 14.9. The molecule has 0 heterocycles. The highest BCUT2D eigenvalue weighted by Crippen LogP contribution is 2.07. The van der Waals surface area contributed by atoms with Crippen LogP contribution in [0.4, 0.5) is 0 Å². The Morgan fingerprint density at radius 3 is 2.50 bits per heavy atom. The van der Waals surface area contributed by atoms with Crippen LogP contribution in [-0.4, -0.2) is 12.6 Å². The molecule has 0 spiro atoms. The Labute approximate surface area is 99.3 Å². The fourth-order valence-electron chi connectivity index (χ4n) is 1.65. The normalized spacial score (nSPS) is 11.7. The minimum absolute atomic E-state index is 0.531. The molecule has 0 aromatic heterocycles. The van der Waals surface area contributed by atoms with Crippen LogP contribution >= 0.6 is 0 Å². The number of nitrogens with one attached hydrogen (secondary N) is 1. The van der Waals surface area contributed by atoms with Crippen molar-refractivity contribution in [3.05, 3.63) is 35.4 Å². The highest BCUT2D eigenvalue weighted by molar-refractivity contribution is 5.22. The number of aryl methyl sites for hydroxylation is 1. The first kappa shape index (κ1) is 12.8. The molecule has 16 heavy (non-hydrogen) atoms. The number of hydrogen-bond donors (Lipinski definition) is 1. The molecule has 1 atom stereocenters. The van der Waals surface area contributed by atoms with Crippen LogP contribution in [0.2, 0.25) is 0 Å². The van der Waals surface area contributed by atoms with Crippen LogP contribution < -0.4 is 5.32 Å². The van der Waals surface area contributed by atoms with Crippen molar-refractivity contribution >= 4 is 0 Å². The van der Waals surface area contributed by atoms with E-state index in [-0.39, 0.29) is 0 Å². The minimum atomic E-state index is 0.531. The summed E-state index contributed by atoms with van der Waals surface area (Å²) < 4.78 is 0. The Hall–Kier alpha value is -1.26. The molecule has 0 bridgehead atoms. The molecular weight excluding hydrogens is 194 g/mol. The number of hydrogen-bond acceptors (Lipinski definition) is 1. The molecule has 0 saturated heterocycles. The molecule has 1 aromatic rings. The second-order valence-corrected chi connectivity index (χ2v) is 4.10. The molecule has 1 rings (SSSR count). The summed E-state index contributed by atoms with van der Waals surface area (Å²) >= 11 is 0. The first-order valence-electron chi connectivity index (χ1n) is 5.94. The van der Waals surface area contributed by atoms with E-state index in [1.807, 2.05) is 6.92 Å². The van der Waals surface area contributed by atoms with Gasteiger partial charge >= 0.3 is 0 Å². The third-order valence-electron chi connectivity index (χ3n) is 2.75. The summed E-state index contributed by atoms with van der Waals surface area (Å²) in [5, 5.41) is 3.46. The maximum atomic E-state index is 3.46. The van der Waals surface area contributed by atoms with E-state index >= 15 is 0 Å². The van der Waals surface area contributed by atoms with Gasteiger partial charge in [0, 0.05) is 6.04 Å². The van der Waals surface area contributed by atoms with Gasteiger partial charge < -0.3 is 5.32 Å². The quantitative estimate of drug-likeness (QED) is 0.745. The lowest BCUT2D eigenvalue weighted by Gasteiger charge is -2.15. The summed E-state index contributed by atoms with van der Waals surface area (Å²) in [6.07, 6.45) is 2.22. The van der Waals surface area contributed by atoms with Crippen LogP contribution in [0.5, 0.6) is 0 Å². The van der Waals surface area contributed by atoms with Gasteiger partial charge in [-0.15, -0.1) is 5.92 Å². The lowest BCUT2D eigenvalue weighted by molar-refractivity contribution is 0.525. The van der Waals surface area contributed by atoms with Crippen molar-refractivity contribution in [2.45, 2.75) is 39.7 Å². The monoisotopic (exact) mass is 215 g/mol. The molecule has 0 saturated carbocycles. The van der Waals surface area contributed by atoms with Gasteiger partial charge in [0.15, 0.2) is 0 Å². The van der Waals surface area contributed by atoms with E-state index < -0.39 is 0 Å². The third kappa shape index (κ3) is 4.51. The van der Waals surface area contributed by atoms with Crippen molar-refractivity contribution in [1.82, 2.24) is 5.32 Å². The first-order valence-corrected chi connectivity index (χ1v) is 5.94. The zero-order valence-corrected chi connectivity index (χ0v) is 10.5. The van der Waals surface area contributed by atoms with Gasteiger partial charge in [0.05, 0.1) is 6.54 Å². The Morgan fingerprint density at radius 1 is 1.25 bits per heavy atom. The standard InChI is InChI=1S/C15H21N/c1-4-6-11-16-15(5-2)12-14-9-7-13(3)8-10-14/h7-10,15-16H,5,11-12H2,1-3H3. The zero-order valence-electron chi connectivity index (χ0n) is 10.5. The fourth-order valence-corrected chi connectivity index (χ4v) is 1.65. The Balaban J connectivity index is 2.48. The Bertz CT molecular complexity index is 353. The summed E-state index contributed by atoms with van der Waals surface area (Å²) in [5.74, 6) is 5.95. The second kappa shape index (κ2) is 7.09. The van der Waals surface area contributed by atoms with Gasteiger partial charge in [-0.05, 0) is 32.3 Å². The van der Waals surface area contributed by atoms with Crippen LogP contribution in [0.25, 0.3) is 0 Å². The molecular formula is C15H21N. The van der Waals surface area contributed by atoms with Crippen LogP contribution in [0.1, 0.15) is 31.4 Å². The van der Waals surface area contributed by atoms with Crippen LogP contribution in [0.15, 0.2) is 24.3 Å². The average Bonchev–Trinajstić information content (AvgIpc) is 2.31. The average molecular weight is 215 g/mol. The van der Waals surface area contributed by atoms with E-state index in [2.05, 4.69) is 55.3 Å². The van der Waals surface area contributed by atoms with Crippen molar-refractivity contribution in [3.63, 3.8) is 0 Å². The van der Waals surface area contributed by atoms with E-state index in [0.29, 0.717) is 6.04 Å². The summed E-state index contributed by atoms with van der Waals surface area (Å²) in [4.78, 5) is 0. The highest BCUT2D eigenvalue weighted by Gasteiger charge is 2.05. The number of rotatable bonds is 5. The smallest absolute Gasteiger partial charge is 0.0578 e. The van der Waals surface area contributed by atoms with Crippen molar-refractivity contribution in [2.24, 2.45) is 0 Å². The van der Waals surface area contributed by atoms with Gasteiger partial charge in [-0.3, -0.25) is 0 Å². The molecule has 86 valence electrons. The topological polar surface area (TPSA) is 12.0 Å². The van der Waals surface area contributed by atoms with Crippen LogP contribution in [-0.2, 0) is 6.42 Å². The van der Waals surface area contributed by atoms with Gasteiger partial charge in [0.25, 0.3) is 0 Å². The summed E-state index contributed by atoms with van der Waals surface area (Å²) in [5.41, 5.74) is 2.72. The zero-order chi connectivity index (χ0) is 11.8. The molecule has 1 N–H and O–H groups in total. The van der Waals surface area contributed by atoms with Gasteiger partial charge in [0.2, 0.25) is 0 Å². The van der Waals surface area contributed by atoms with Crippen LogP contribution in [0, 0.1) is 18.8 Å². The second-order valence-electron chi connectivity index (χ2n) is 4.10. The van der Waals surface area contributed by atoms with E-state index in [4.69, 9.17) is 0 Å².